The number of nitriles is 2. The average molecular weight is 716 g/mol. The number of allylic oxidation sites excluding steroid dienone is 2. The summed E-state index contributed by atoms with van der Waals surface area (Å²) in [6.45, 7) is 11.7. The Labute approximate surface area is 322 Å². The SMILES string of the molecule is C[C@H]1[C@@H](/C=C/c2ccc(-c3ccccc3C#N)cn2)[C@H](C)[C@@H](C)C[C@H]1N(C)C(=O)C[C@@H]1CC[C@H](C)[C@@H](C)[C@@H]1/C=C/c1ccc(-c2ccccc2C#N)cn1. The minimum Gasteiger partial charge on any atom is -0.342 e. The molecule has 1 amide bonds. The molecule has 2 aromatic heterocycles. The third kappa shape index (κ3) is 8.40. The zero-order valence-corrected chi connectivity index (χ0v) is 32.6. The molecule has 0 bridgehead atoms. The predicted molar refractivity (Wildman–Crippen MR) is 218 cm³/mol. The number of pyridine rings is 2. The van der Waals surface area contributed by atoms with Crippen LogP contribution in [0.4, 0.5) is 0 Å². The fraction of sp³-hybridized carbons (Fsp3) is 0.396. The van der Waals surface area contributed by atoms with Crippen LogP contribution < -0.4 is 0 Å². The van der Waals surface area contributed by atoms with E-state index in [1.54, 1.807) is 0 Å². The third-order valence-electron chi connectivity index (χ3n) is 13.0. The molecule has 2 fully saturated rings. The summed E-state index contributed by atoms with van der Waals surface area (Å²) < 4.78 is 0. The zero-order chi connectivity index (χ0) is 38.4. The largest absolute Gasteiger partial charge is 0.342 e. The van der Waals surface area contributed by atoms with Gasteiger partial charge in [0.1, 0.15) is 0 Å². The molecule has 0 radical (unpaired) electrons. The van der Waals surface area contributed by atoms with Gasteiger partial charge in [-0.3, -0.25) is 14.8 Å². The normalized spacial score (nSPS) is 27.0. The Balaban J connectivity index is 1.12. The molecule has 0 spiro atoms. The van der Waals surface area contributed by atoms with E-state index in [0.717, 1.165) is 52.9 Å². The second-order valence-electron chi connectivity index (χ2n) is 16.0. The lowest BCUT2D eigenvalue weighted by atomic mass is 9.65. The standard InChI is InChI=1S/C48H53N5O/c1-31-15-16-36(44(33(31)3)24-22-42-20-18-40(30-52-42)46-14-10-8-12-38(46)28-50)26-48(54)53(6)47-25-32(2)34(4)43(35(47)5)23-21-41-19-17-39(29-51-41)45-13-9-7-11-37(45)27-49/h7-14,17-24,29-36,43-44,47H,15-16,25-26H2,1-6H3/b23-21+,24-22+/t31-,32-,33+,34+,35-,36-,43-,44-,47+/m0/s1. The Morgan fingerprint density at radius 1 is 0.704 bits per heavy atom. The molecule has 4 aromatic rings. The van der Waals surface area contributed by atoms with Gasteiger partial charge in [0.2, 0.25) is 5.91 Å². The number of carbonyl (C=O) groups is 1. The highest BCUT2D eigenvalue weighted by Crippen LogP contribution is 2.44. The number of hydrogen-bond acceptors (Lipinski definition) is 5. The Morgan fingerprint density at radius 2 is 1.22 bits per heavy atom. The van der Waals surface area contributed by atoms with Gasteiger partial charge in [0.05, 0.1) is 34.7 Å². The number of nitrogens with zero attached hydrogens (tertiary/aromatic N) is 5. The van der Waals surface area contributed by atoms with Crippen LogP contribution in [0.3, 0.4) is 0 Å². The predicted octanol–water partition coefficient (Wildman–Crippen LogP) is 10.7. The van der Waals surface area contributed by atoms with Gasteiger partial charge in [-0.2, -0.15) is 10.5 Å². The Kier molecular flexibility index (Phi) is 12.2. The summed E-state index contributed by atoms with van der Waals surface area (Å²) in [6, 6.07) is 28.1. The van der Waals surface area contributed by atoms with E-state index in [2.05, 4.69) is 76.0 Å². The van der Waals surface area contributed by atoms with Gasteiger partial charge in [-0.05, 0) is 96.6 Å². The van der Waals surface area contributed by atoms with E-state index in [-0.39, 0.29) is 23.8 Å². The third-order valence-corrected chi connectivity index (χ3v) is 13.0. The topological polar surface area (TPSA) is 93.7 Å². The van der Waals surface area contributed by atoms with Gasteiger partial charge < -0.3 is 4.90 Å². The van der Waals surface area contributed by atoms with Gasteiger partial charge in [-0.25, -0.2) is 0 Å². The Morgan fingerprint density at radius 3 is 1.74 bits per heavy atom. The highest BCUT2D eigenvalue weighted by molar-refractivity contribution is 5.77. The molecular formula is C48H53N5O. The summed E-state index contributed by atoms with van der Waals surface area (Å²) in [7, 11) is 2.03. The van der Waals surface area contributed by atoms with E-state index < -0.39 is 0 Å². The fourth-order valence-electron chi connectivity index (χ4n) is 9.06. The van der Waals surface area contributed by atoms with Crippen molar-refractivity contribution in [1.82, 2.24) is 14.9 Å². The zero-order valence-electron chi connectivity index (χ0n) is 32.6. The van der Waals surface area contributed by atoms with Crippen molar-refractivity contribution in [2.45, 2.75) is 66.3 Å². The van der Waals surface area contributed by atoms with Gasteiger partial charge in [-0.15, -0.1) is 0 Å². The fourth-order valence-corrected chi connectivity index (χ4v) is 9.06. The minimum atomic E-state index is 0.166. The van der Waals surface area contributed by atoms with Crippen molar-refractivity contribution in [3.05, 3.63) is 120 Å². The summed E-state index contributed by atoms with van der Waals surface area (Å²) in [4.78, 5) is 25.7. The maximum absolute atomic E-state index is 14.2. The highest BCUT2D eigenvalue weighted by atomic mass is 16.2. The van der Waals surface area contributed by atoms with Crippen molar-refractivity contribution in [1.29, 1.82) is 10.5 Å². The van der Waals surface area contributed by atoms with Crippen LogP contribution in [0.25, 0.3) is 34.4 Å². The molecule has 2 aliphatic rings. The van der Waals surface area contributed by atoms with Gasteiger partial charge in [0, 0.05) is 54.2 Å². The molecule has 0 unspecified atom stereocenters. The molecule has 276 valence electrons. The lowest BCUT2D eigenvalue weighted by Crippen LogP contribution is -2.50. The molecule has 2 aromatic carbocycles. The first kappa shape index (κ1) is 38.4. The van der Waals surface area contributed by atoms with Gasteiger partial charge >= 0.3 is 0 Å². The van der Waals surface area contributed by atoms with Crippen LogP contribution in [0.5, 0.6) is 0 Å². The van der Waals surface area contributed by atoms with Crippen LogP contribution in [-0.2, 0) is 4.79 Å². The van der Waals surface area contributed by atoms with Crippen molar-refractivity contribution in [2.24, 2.45) is 47.3 Å². The van der Waals surface area contributed by atoms with Crippen molar-refractivity contribution in [2.75, 3.05) is 7.05 Å². The first-order valence-electron chi connectivity index (χ1n) is 19.6. The van der Waals surface area contributed by atoms with Crippen molar-refractivity contribution >= 4 is 18.1 Å². The van der Waals surface area contributed by atoms with Gasteiger partial charge in [0.15, 0.2) is 0 Å². The first-order chi connectivity index (χ1) is 26.1. The Hall–Kier alpha value is -5.33. The van der Waals surface area contributed by atoms with E-state index in [1.807, 2.05) is 92.2 Å². The first-order valence-corrected chi connectivity index (χ1v) is 19.6. The molecule has 0 N–H and O–H groups in total. The molecule has 6 rings (SSSR count). The van der Waals surface area contributed by atoms with Crippen LogP contribution in [0.1, 0.15) is 82.8 Å². The second-order valence-corrected chi connectivity index (χ2v) is 16.0. The maximum Gasteiger partial charge on any atom is 0.222 e. The summed E-state index contributed by atoms with van der Waals surface area (Å²) in [5, 5.41) is 19.1. The molecule has 9 atom stereocenters. The second kappa shape index (κ2) is 17.2. The minimum absolute atomic E-state index is 0.166. The summed E-state index contributed by atoms with van der Waals surface area (Å²) in [6.07, 6.45) is 16.3. The van der Waals surface area contributed by atoms with E-state index in [1.165, 1.54) is 0 Å². The summed E-state index contributed by atoms with van der Waals surface area (Å²) in [5.41, 5.74) is 6.70. The number of rotatable bonds is 9. The molecule has 2 saturated carbocycles. The number of aromatic nitrogens is 2. The van der Waals surface area contributed by atoms with Crippen LogP contribution in [0.2, 0.25) is 0 Å². The molecule has 2 aliphatic carbocycles. The van der Waals surface area contributed by atoms with Crippen LogP contribution in [0, 0.1) is 70.0 Å². The summed E-state index contributed by atoms with van der Waals surface area (Å²) in [5.74, 6) is 3.45. The van der Waals surface area contributed by atoms with Gasteiger partial charge in [0.25, 0.3) is 0 Å². The lowest BCUT2D eigenvalue weighted by Gasteiger charge is -2.47. The van der Waals surface area contributed by atoms with Crippen LogP contribution in [-0.4, -0.2) is 33.9 Å². The van der Waals surface area contributed by atoms with Crippen LogP contribution in [0.15, 0.2) is 97.3 Å². The van der Waals surface area contributed by atoms with E-state index in [0.29, 0.717) is 53.1 Å². The van der Waals surface area contributed by atoms with Gasteiger partial charge in [-0.1, -0.05) is 102 Å². The summed E-state index contributed by atoms with van der Waals surface area (Å²) >= 11 is 0. The number of carbonyl (C=O) groups excluding carboxylic acids is 1. The quantitative estimate of drug-likeness (QED) is 0.172. The molecule has 6 heteroatoms. The monoisotopic (exact) mass is 715 g/mol. The van der Waals surface area contributed by atoms with Crippen LogP contribution >= 0.6 is 0 Å². The molecule has 2 heterocycles. The number of amides is 1. The smallest absolute Gasteiger partial charge is 0.222 e. The van der Waals surface area contributed by atoms with E-state index in [4.69, 9.17) is 9.97 Å². The molecule has 0 aliphatic heterocycles. The lowest BCUT2D eigenvalue weighted by molar-refractivity contribution is -0.137. The molecule has 0 saturated heterocycles. The van der Waals surface area contributed by atoms with E-state index in [9.17, 15) is 15.3 Å². The van der Waals surface area contributed by atoms with Crippen molar-refractivity contribution in [3.8, 4) is 34.4 Å². The number of hydrogen-bond donors (Lipinski definition) is 0. The number of benzene rings is 2. The molecule has 6 nitrogen and oxygen atoms in total. The van der Waals surface area contributed by atoms with Crippen molar-refractivity contribution in [3.63, 3.8) is 0 Å². The van der Waals surface area contributed by atoms with E-state index >= 15 is 0 Å². The Bertz CT molecular complexity index is 2050. The molecule has 54 heavy (non-hydrogen) atoms. The average Bonchev–Trinajstić information content (AvgIpc) is 3.20. The van der Waals surface area contributed by atoms with Crippen molar-refractivity contribution < 1.29 is 4.79 Å². The maximum atomic E-state index is 14.2. The highest BCUT2D eigenvalue weighted by Gasteiger charge is 2.41. The molecular weight excluding hydrogens is 663 g/mol.